The molecule has 0 heterocycles. The number of carbonyl (C=O) groups is 1. The van der Waals surface area contributed by atoms with E-state index in [0.717, 1.165) is 29.0 Å². The van der Waals surface area contributed by atoms with E-state index in [2.05, 4.69) is 12.1 Å². The zero-order valence-corrected chi connectivity index (χ0v) is 13.7. The van der Waals surface area contributed by atoms with Gasteiger partial charge in [0.1, 0.15) is 5.92 Å². The quantitative estimate of drug-likeness (QED) is 0.851. The van der Waals surface area contributed by atoms with Gasteiger partial charge in [0.25, 0.3) is 0 Å². The Bertz CT molecular complexity index is 776. The van der Waals surface area contributed by atoms with Crippen LogP contribution in [0.1, 0.15) is 48.3 Å². The van der Waals surface area contributed by atoms with Gasteiger partial charge in [-0.1, -0.05) is 60.7 Å². The second kappa shape index (κ2) is 6.27. The van der Waals surface area contributed by atoms with Gasteiger partial charge >= 0.3 is 5.97 Å². The summed E-state index contributed by atoms with van der Waals surface area (Å²) in [6.07, 6.45) is 7.33. The number of hydrogen-bond acceptors (Lipinski definition) is 1. The Morgan fingerprint density at radius 2 is 1.71 bits per heavy atom. The zero-order valence-electron chi connectivity index (χ0n) is 13.7. The molecule has 1 N–H and O–H groups in total. The molecule has 0 aromatic heterocycles. The summed E-state index contributed by atoms with van der Waals surface area (Å²) in [5.41, 5.74) is 4.30. The van der Waals surface area contributed by atoms with Gasteiger partial charge in [0.15, 0.2) is 0 Å². The van der Waals surface area contributed by atoms with E-state index in [1.54, 1.807) is 0 Å². The van der Waals surface area contributed by atoms with Crippen LogP contribution in [0.2, 0.25) is 0 Å². The summed E-state index contributed by atoms with van der Waals surface area (Å²) in [5.74, 6) is 0.0437. The molecule has 1 saturated carbocycles. The molecule has 0 radical (unpaired) electrons. The Labute approximate surface area is 142 Å². The number of rotatable bonds is 4. The molecule has 122 valence electrons. The second-order valence-electron chi connectivity index (χ2n) is 6.95. The van der Waals surface area contributed by atoms with Crippen LogP contribution in [0.25, 0.3) is 5.57 Å². The maximum absolute atomic E-state index is 12.1. The molecule has 24 heavy (non-hydrogen) atoms. The van der Waals surface area contributed by atoms with Crippen LogP contribution in [-0.4, -0.2) is 11.1 Å². The minimum atomic E-state index is -0.782. The van der Waals surface area contributed by atoms with Crippen molar-refractivity contribution in [1.29, 1.82) is 0 Å². The van der Waals surface area contributed by atoms with Crippen molar-refractivity contribution in [2.45, 2.75) is 31.6 Å². The third-order valence-corrected chi connectivity index (χ3v) is 5.68. The third-order valence-electron chi connectivity index (χ3n) is 5.68. The molecule has 0 amide bonds. The van der Waals surface area contributed by atoms with Crippen molar-refractivity contribution >= 4 is 11.5 Å². The number of benzene rings is 2. The Kier molecular flexibility index (Phi) is 3.97. The predicted octanol–water partition coefficient (Wildman–Crippen LogP) is 5.11. The van der Waals surface area contributed by atoms with Crippen LogP contribution >= 0.6 is 0 Å². The summed E-state index contributed by atoms with van der Waals surface area (Å²) in [7, 11) is 0. The molecule has 2 aromatic rings. The van der Waals surface area contributed by atoms with Crippen LogP contribution in [0.5, 0.6) is 0 Å². The first kappa shape index (κ1) is 15.2. The van der Waals surface area contributed by atoms with Crippen molar-refractivity contribution in [1.82, 2.24) is 0 Å². The second-order valence-corrected chi connectivity index (χ2v) is 6.95. The predicted molar refractivity (Wildman–Crippen MR) is 95.8 cm³/mol. The van der Waals surface area contributed by atoms with Gasteiger partial charge in [-0.25, -0.2) is 0 Å². The highest BCUT2D eigenvalue weighted by Gasteiger charge is 2.37. The van der Waals surface area contributed by atoms with Gasteiger partial charge in [-0.2, -0.15) is 0 Å². The van der Waals surface area contributed by atoms with Gasteiger partial charge in [0, 0.05) is 0 Å². The summed E-state index contributed by atoms with van der Waals surface area (Å²) >= 11 is 0. The van der Waals surface area contributed by atoms with Gasteiger partial charge < -0.3 is 5.11 Å². The highest BCUT2D eigenvalue weighted by Crippen LogP contribution is 2.50. The monoisotopic (exact) mass is 318 g/mol. The fourth-order valence-corrected chi connectivity index (χ4v) is 4.35. The molecule has 2 heteroatoms. The summed E-state index contributed by atoms with van der Waals surface area (Å²) < 4.78 is 0. The molecule has 0 bridgehead atoms. The lowest BCUT2D eigenvalue weighted by Crippen LogP contribution is -2.30. The van der Waals surface area contributed by atoms with E-state index in [0.29, 0.717) is 5.92 Å². The number of fused-ring (bicyclic) bond motifs is 1. The van der Waals surface area contributed by atoms with E-state index in [1.165, 1.54) is 24.8 Å². The zero-order chi connectivity index (χ0) is 16.5. The van der Waals surface area contributed by atoms with Crippen LogP contribution in [0.4, 0.5) is 0 Å². The van der Waals surface area contributed by atoms with E-state index in [9.17, 15) is 9.90 Å². The van der Waals surface area contributed by atoms with Crippen LogP contribution in [0.3, 0.4) is 0 Å². The van der Waals surface area contributed by atoms with Gasteiger partial charge in [0.05, 0.1) is 0 Å². The van der Waals surface area contributed by atoms with Crippen molar-refractivity contribution in [3.8, 4) is 0 Å². The fourth-order valence-electron chi connectivity index (χ4n) is 4.35. The van der Waals surface area contributed by atoms with Gasteiger partial charge in [-0.3, -0.25) is 4.79 Å². The number of carboxylic acids is 1. The summed E-state index contributed by atoms with van der Waals surface area (Å²) in [6, 6.07) is 17.7. The molecule has 0 spiro atoms. The maximum Gasteiger partial charge on any atom is 0.315 e. The Morgan fingerprint density at radius 1 is 0.958 bits per heavy atom. The van der Waals surface area contributed by atoms with Crippen LogP contribution in [0.15, 0.2) is 60.7 Å². The molecular formula is C22H22O2. The van der Waals surface area contributed by atoms with Gasteiger partial charge in [-0.05, 0) is 59.8 Å². The van der Waals surface area contributed by atoms with Crippen molar-refractivity contribution in [2.24, 2.45) is 11.8 Å². The normalized spacial score (nSPS) is 23.6. The molecule has 2 nitrogen and oxygen atoms in total. The SMILES string of the molecule is O=C(O)C(c1ccccc1)c1ccccc1C1=CCCC2CCC12. The molecule has 0 aliphatic heterocycles. The number of aliphatic carboxylic acids is 1. The van der Waals surface area contributed by atoms with Gasteiger partial charge in [-0.15, -0.1) is 0 Å². The largest absolute Gasteiger partial charge is 0.481 e. The molecule has 4 rings (SSSR count). The van der Waals surface area contributed by atoms with Gasteiger partial charge in [0.2, 0.25) is 0 Å². The van der Waals surface area contributed by atoms with E-state index in [1.807, 2.05) is 48.5 Å². The minimum Gasteiger partial charge on any atom is -0.481 e. The van der Waals surface area contributed by atoms with Crippen molar-refractivity contribution in [2.75, 3.05) is 0 Å². The lowest BCUT2D eigenvalue weighted by Gasteiger charge is -2.42. The minimum absolute atomic E-state index is 0.608. The van der Waals surface area contributed by atoms with Crippen LogP contribution < -0.4 is 0 Å². The van der Waals surface area contributed by atoms with E-state index in [4.69, 9.17) is 0 Å². The first-order valence-corrected chi connectivity index (χ1v) is 8.83. The van der Waals surface area contributed by atoms with E-state index < -0.39 is 11.9 Å². The lowest BCUT2D eigenvalue weighted by molar-refractivity contribution is -0.137. The first-order chi connectivity index (χ1) is 11.8. The van der Waals surface area contributed by atoms with Crippen molar-refractivity contribution < 1.29 is 9.90 Å². The molecule has 0 saturated heterocycles. The molecule has 2 aliphatic carbocycles. The highest BCUT2D eigenvalue weighted by atomic mass is 16.4. The Morgan fingerprint density at radius 3 is 2.42 bits per heavy atom. The molecule has 1 fully saturated rings. The smallest absolute Gasteiger partial charge is 0.315 e. The van der Waals surface area contributed by atoms with E-state index >= 15 is 0 Å². The van der Waals surface area contributed by atoms with Crippen molar-refractivity contribution in [3.05, 3.63) is 77.4 Å². The fraction of sp³-hybridized carbons (Fsp3) is 0.318. The van der Waals surface area contributed by atoms with E-state index in [-0.39, 0.29) is 0 Å². The molecule has 2 aliphatic rings. The summed E-state index contributed by atoms with van der Waals surface area (Å²) in [5, 5.41) is 9.92. The molecular weight excluding hydrogens is 296 g/mol. The lowest BCUT2D eigenvalue weighted by atomic mass is 9.63. The van der Waals surface area contributed by atoms with Crippen LogP contribution in [-0.2, 0) is 4.79 Å². The van der Waals surface area contributed by atoms with Crippen molar-refractivity contribution in [3.63, 3.8) is 0 Å². The van der Waals surface area contributed by atoms with Crippen LogP contribution in [0, 0.1) is 11.8 Å². The number of carboxylic acid groups (broad SMARTS) is 1. The first-order valence-electron chi connectivity index (χ1n) is 8.83. The Hall–Kier alpha value is -2.35. The third kappa shape index (κ3) is 2.56. The summed E-state index contributed by atoms with van der Waals surface area (Å²) in [6.45, 7) is 0. The molecule has 2 aromatic carbocycles. The topological polar surface area (TPSA) is 37.3 Å². The number of hydrogen-bond donors (Lipinski definition) is 1. The number of allylic oxidation sites excluding steroid dienone is 2. The standard InChI is InChI=1S/C22H22O2/c23-22(24)21(16-7-2-1-3-8-16)20-11-5-4-10-19(20)18-12-6-9-15-13-14-17(15)18/h1-5,7-8,10-12,15,17,21H,6,9,13-14H2,(H,23,24). The highest BCUT2D eigenvalue weighted by molar-refractivity contribution is 5.84. The Balaban J connectivity index is 1.81. The average molecular weight is 318 g/mol. The summed E-state index contributed by atoms with van der Waals surface area (Å²) in [4.78, 5) is 12.1. The molecule has 3 atom stereocenters. The average Bonchev–Trinajstić information content (AvgIpc) is 2.57. The maximum atomic E-state index is 12.1. The molecule has 3 unspecified atom stereocenters.